The van der Waals surface area contributed by atoms with E-state index < -0.39 is 11.9 Å². The second-order valence-corrected chi connectivity index (χ2v) is 4.10. The van der Waals surface area contributed by atoms with Gasteiger partial charge >= 0.3 is 0 Å². The number of anilines is 1. The minimum absolute atomic E-state index is 0.0453. The van der Waals surface area contributed by atoms with E-state index in [4.69, 9.17) is 4.74 Å². The Labute approximate surface area is 121 Å². The molecule has 0 aliphatic heterocycles. The zero-order chi connectivity index (χ0) is 15.2. The lowest BCUT2D eigenvalue weighted by Gasteiger charge is -2.11. The molecular formula is C16H12NO4-. The van der Waals surface area contributed by atoms with Crippen LogP contribution in [0.4, 0.5) is 5.69 Å². The Bertz CT molecular complexity index is 677. The molecule has 0 fully saturated rings. The van der Waals surface area contributed by atoms with Gasteiger partial charge in [0.2, 0.25) is 0 Å². The number of aromatic carboxylic acids is 1. The molecular weight excluding hydrogens is 270 g/mol. The Morgan fingerprint density at radius 2 is 1.67 bits per heavy atom. The van der Waals surface area contributed by atoms with Crippen LogP contribution in [0.1, 0.15) is 20.7 Å². The predicted octanol–water partition coefficient (Wildman–Crippen LogP) is 1.82. The van der Waals surface area contributed by atoms with E-state index in [0.29, 0.717) is 11.4 Å². The molecule has 0 atom stereocenters. The highest BCUT2D eigenvalue weighted by molar-refractivity contribution is 6.10. The number of ether oxygens (including phenoxy) is 1. The van der Waals surface area contributed by atoms with Crippen molar-refractivity contribution < 1.29 is 19.4 Å². The van der Waals surface area contributed by atoms with E-state index in [0.717, 1.165) is 0 Å². The van der Waals surface area contributed by atoms with Crippen molar-refractivity contribution >= 4 is 17.6 Å². The summed E-state index contributed by atoms with van der Waals surface area (Å²) >= 11 is 0. The fourth-order valence-electron chi connectivity index (χ4n) is 1.77. The average Bonchev–Trinajstić information content (AvgIpc) is 2.49. The van der Waals surface area contributed by atoms with Gasteiger partial charge in [-0.05, 0) is 30.3 Å². The predicted molar refractivity (Wildman–Crippen MR) is 76.0 cm³/mol. The van der Waals surface area contributed by atoms with Gasteiger partial charge in [-0.3, -0.25) is 4.79 Å². The smallest absolute Gasteiger partial charge is 0.256 e. The highest BCUT2D eigenvalue weighted by Crippen LogP contribution is 2.17. The first-order valence-corrected chi connectivity index (χ1v) is 6.11. The maximum Gasteiger partial charge on any atom is 0.256 e. The summed E-state index contributed by atoms with van der Waals surface area (Å²) in [6, 6.07) is 12.5. The lowest BCUT2D eigenvalue weighted by Crippen LogP contribution is -2.26. The normalized spacial score (nSPS) is 9.71. The van der Waals surface area contributed by atoms with Crippen LogP contribution in [-0.2, 0) is 0 Å². The van der Waals surface area contributed by atoms with Gasteiger partial charge in [0.05, 0.1) is 12.2 Å². The van der Waals surface area contributed by atoms with E-state index in [1.165, 1.54) is 24.5 Å². The highest BCUT2D eigenvalue weighted by Gasteiger charge is 2.11. The van der Waals surface area contributed by atoms with Gasteiger partial charge in [0, 0.05) is 16.8 Å². The van der Waals surface area contributed by atoms with E-state index in [9.17, 15) is 14.7 Å². The summed E-state index contributed by atoms with van der Waals surface area (Å²) in [4.78, 5) is 23.1. The van der Waals surface area contributed by atoms with Gasteiger partial charge in [-0.25, -0.2) is 0 Å². The fourth-order valence-corrected chi connectivity index (χ4v) is 1.77. The number of carbonyl (C=O) groups excluding carboxylic acids is 2. The summed E-state index contributed by atoms with van der Waals surface area (Å²) in [6.45, 7) is 3.44. The van der Waals surface area contributed by atoms with Crippen molar-refractivity contribution in [3.8, 4) is 5.75 Å². The monoisotopic (exact) mass is 282 g/mol. The van der Waals surface area contributed by atoms with Crippen LogP contribution >= 0.6 is 0 Å². The molecule has 21 heavy (non-hydrogen) atoms. The highest BCUT2D eigenvalue weighted by atomic mass is 16.5. The van der Waals surface area contributed by atoms with Crippen LogP contribution in [0, 0.1) is 0 Å². The first-order valence-electron chi connectivity index (χ1n) is 6.11. The summed E-state index contributed by atoms with van der Waals surface area (Å²) < 4.78 is 5.07. The zero-order valence-electron chi connectivity index (χ0n) is 11.0. The number of hydrogen-bond donors (Lipinski definition) is 1. The lowest BCUT2D eigenvalue weighted by molar-refractivity contribution is -0.255. The van der Waals surface area contributed by atoms with Crippen molar-refractivity contribution in [2.24, 2.45) is 0 Å². The Kier molecular flexibility index (Phi) is 4.36. The van der Waals surface area contributed by atoms with Crippen LogP contribution < -0.4 is 15.2 Å². The van der Waals surface area contributed by atoms with E-state index in [1.54, 1.807) is 30.3 Å². The van der Waals surface area contributed by atoms with E-state index in [-0.39, 0.29) is 11.1 Å². The number of hydrogen-bond acceptors (Lipinski definition) is 4. The molecule has 106 valence electrons. The first-order chi connectivity index (χ1) is 10.1. The minimum Gasteiger partial charge on any atom is -0.545 e. The van der Waals surface area contributed by atoms with Crippen molar-refractivity contribution in [2.75, 3.05) is 5.32 Å². The van der Waals surface area contributed by atoms with Crippen LogP contribution in [0.3, 0.4) is 0 Å². The van der Waals surface area contributed by atoms with Crippen molar-refractivity contribution in [1.82, 2.24) is 0 Å². The molecule has 5 heteroatoms. The van der Waals surface area contributed by atoms with Crippen LogP contribution in [0.15, 0.2) is 61.4 Å². The van der Waals surface area contributed by atoms with Gasteiger partial charge < -0.3 is 20.0 Å². The average molecular weight is 282 g/mol. The van der Waals surface area contributed by atoms with Gasteiger partial charge in [-0.15, -0.1) is 0 Å². The number of carboxylic acid groups (broad SMARTS) is 1. The SMILES string of the molecule is C=COc1ccc(NC(=O)c2ccccc2C(=O)[O-])cc1. The van der Waals surface area contributed by atoms with Gasteiger partial charge in [0.15, 0.2) is 0 Å². The molecule has 5 nitrogen and oxygen atoms in total. The third-order valence-corrected chi connectivity index (χ3v) is 2.72. The standard InChI is InChI=1S/C16H13NO4/c1-2-21-12-9-7-11(8-10-12)17-15(18)13-5-3-4-6-14(13)16(19)20/h2-10H,1H2,(H,17,18)(H,19,20)/p-1. The molecule has 0 heterocycles. The molecule has 2 aromatic carbocycles. The Hall–Kier alpha value is -3.08. The molecule has 0 aliphatic carbocycles. The number of carbonyl (C=O) groups is 2. The summed E-state index contributed by atoms with van der Waals surface area (Å²) in [5.41, 5.74) is 0.412. The van der Waals surface area contributed by atoms with Gasteiger partial charge in [0.25, 0.3) is 5.91 Å². The third-order valence-electron chi connectivity index (χ3n) is 2.72. The fraction of sp³-hybridized carbons (Fsp3) is 0. The van der Waals surface area contributed by atoms with Crippen molar-refractivity contribution in [3.05, 3.63) is 72.5 Å². The zero-order valence-corrected chi connectivity index (χ0v) is 11.0. The second kappa shape index (κ2) is 6.38. The molecule has 0 aliphatic rings. The maximum atomic E-state index is 12.1. The largest absolute Gasteiger partial charge is 0.545 e. The van der Waals surface area contributed by atoms with Crippen LogP contribution in [-0.4, -0.2) is 11.9 Å². The number of nitrogens with one attached hydrogen (secondary N) is 1. The van der Waals surface area contributed by atoms with Gasteiger partial charge in [-0.2, -0.15) is 0 Å². The number of carboxylic acids is 1. The van der Waals surface area contributed by atoms with Gasteiger partial charge in [-0.1, -0.05) is 24.8 Å². The lowest BCUT2D eigenvalue weighted by atomic mass is 10.1. The summed E-state index contributed by atoms with van der Waals surface area (Å²) in [5, 5.41) is 13.6. The van der Waals surface area contributed by atoms with Gasteiger partial charge in [0.1, 0.15) is 5.75 Å². The number of benzene rings is 2. The molecule has 0 saturated carbocycles. The quantitative estimate of drug-likeness (QED) is 0.848. The Balaban J connectivity index is 2.18. The molecule has 2 rings (SSSR count). The van der Waals surface area contributed by atoms with Crippen LogP contribution in [0.5, 0.6) is 5.75 Å². The molecule has 0 unspecified atom stereocenters. The van der Waals surface area contributed by atoms with Crippen molar-refractivity contribution in [3.63, 3.8) is 0 Å². The molecule has 2 aromatic rings. The molecule has 1 N–H and O–H groups in total. The third kappa shape index (κ3) is 3.48. The van der Waals surface area contributed by atoms with E-state index in [1.807, 2.05) is 0 Å². The van der Waals surface area contributed by atoms with Crippen LogP contribution in [0.2, 0.25) is 0 Å². The first kappa shape index (κ1) is 14.3. The van der Waals surface area contributed by atoms with E-state index >= 15 is 0 Å². The maximum absolute atomic E-state index is 12.1. The molecule has 0 spiro atoms. The molecule has 0 bridgehead atoms. The Morgan fingerprint density at radius 3 is 2.24 bits per heavy atom. The molecule has 0 aromatic heterocycles. The van der Waals surface area contributed by atoms with Crippen LogP contribution in [0.25, 0.3) is 0 Å². The molecule has 0 saturated heterocycles. The molecule has 0 radical (unpaired) electrons. The Morgan fingerprint density at radius 1 is 1.05 bits per heavy atom. The summed E-state index contributed by atoms with van der Waals surface area (Å²) in [5.74, 6) is -1.33. The topological polar surface area (TPSA) is 78.5 Å². The number of rotatable bonds is 5. The summed E-state index contributed by atoms with van der Waals surface area (Å²) in [6.07, 6.45) is 1.30. The second-order valence-electron chi connectivity index (χ2n) is 4.10. The van der Waals surface area contributed by atoms with E-state index in [2.05, 4.69) is 11.9 Å². The minimum atomic E-state index is -1.39. The summed E-state index contributed by atoms with van der Waals surface area (Å²) in [7, 11) is 0. The molecule has 1 amide bonds. The number of amides is 1. The van der Waals surface area contributed by atoms with Crippen molar-refractivity contribution in [1.29, 1.82) is 0 Å². The van der Waals surface area contributed by atoms with Crippen molar-refractivity contribution in [2.45, 2.75) is 0 Å².